The van der Waals surface area contributed by atoms with Crippen molar-refractivity contribution in [2.75, 3.05) is 46.9 Å². The standard InChI is InChI=1S/C19H34N4O.HI/c1-6-20-19(22-14-15-23(4)7-2)21-13-12-16(3)17-8-10-18(24-5)11-9-17;/h8-11,16H,6-7,12-15H2,1-5H3,(H2,20,21,22);1H. The number of rotatable bonds is 10. The van der Waals surface area contributed by atoms with Crippen molar-refractivity contribution in [3.05, 3.63) is 29.8 Å². The Morgan fingerprint density at radius 3 is 2.44 bits per heavy atom. The average molecular weight is 462 g/mol. The fourth-order valence-electron chi connectivity index (χ4n) is 2.33. The minimum Gasteiger partial charge on any atom is -0.497 e. The van der Waals surface area contributed by atoms with Crippen LogP contribution >= 0.6 is 24.0 Å². The van der Waals surface area contributed by atoms with E-state index in [1.165, 1.54) is 5.56 Å². The highest BCUT2D eigenvalue weighted by Gasteiger charge is 2.06. The molecule has 0 spiro atoms. The molecule has 0 heterocycles. The van der Waals surface area contributed by atoms with Crippen molar-refractivity contribution in [3.8, 4) is 5.75 Å². The van der Waals surface area contributed by atoms with Gasteiger partial charge in [0.05, 0.1) is 7.11 Å². The van der Waals surface area contributed by atoms with Crippen molar-refractivity contribution in [1.29, 1.82) is 0 Å². The molecule has 6 heteroatoms. The summed E-state index contributed by atoms with van der Waals surface area (Å²) in [6.07, 6.45) is 1.03. The van der Waals surface area contributed by atoms with E-state index >= 15 is 0 Å². The Morgan fingerprint density at radius 2 is 1.88 bits per heavy atom. The van der Waals surface area contributed by atoms with Crippen LogP contribution < -0.4 is 15.4 Å². The second kappa shape index (κ2) is 14.2. The van der Waals surface area contributed by atoms with E-state index in [4.69, 9.17) is 4.74 Å². The van der Waals surface area contributed by atoms with Crippen LogP contribution in [0, 0.1) is 0 Å². The first-order valence-corrected chi connectivity index (χ1v) is 8.95. The number of ether oxygens (including phenoxy) is 1. The summed E-state index contributed by atoms with van der Waals surface area (Å²) in [4.78, 5) is 6.97. The fraction of sp³-hybridized carbons (Fsp3) is 0.632. The van der Waals surface area contributed by atoms with Crippen LogP contribution in [0.4, 0.5) is 0 Å². The Morgan fingerprint density at radius 1 is 1.20 bits per heavy atom. The molecule has 2 N–H and O–H groups in total. The predicted octanol–water partition coefficient (Wildman–Crippen LogP) is 3.31. The first-order chi connectivity index (χ1) is 11.6. The molecule has 0 saturated heterocycles. The lowest BCUT2D eigenvalue weighted by Crippen LogP contribution is -2.41. The maximum Gasteiger partial charge on any atom is 0.191 e. The maximum atomic E-state index is 5.21. The Bertz CT molecular complexity index is 479. The molecule has 1 aromatic carbocycles. The van der Waals surface area contributed by atoms with Gasteiger partial charge in [0.1, 0.15) is 5.75 Å². The summed E-state index contributed by atoms with van der Waals surface area (Å²) < 4.78 is 5.21. The van der Waals surface area contributed by atoms with Gasteiger partial charge in [0, 0.05) is 26.2 Å². The molecular formula is C19H35IN4O. The second-order valence-corrected chi connectivity index (χ2v) is 6.05. The molecule has 0 aliphatic rings. The van der Waals surface area contributed by atoms with Gasteiger partial charge in [-0.3, -0.25) is 4.99 Å². The highest BCUT2D eigenvalue weighted by Crippen LogP contribution is 2.21. The van der Waals surface area contributed by atoms with E-state index in [9.17, 15) is 0 Å². The topological polar surface area (TPSA) is 48.9 Å². The van der Waals surface area contributed by atoms with E-state index in [2.05, 4.69) is 60.5 Å². The lowest BCUT2D eigenvalue weighted by molar-refractivity contribution is 0.357. The normalized spacial score (nSPS) is 12.5. The van der Waals surface area contributed by atoms with Crippen LogP contribution in [0.3, 0.4) is 0 Å². The summed E-state index contributed by atoms with van der Waals surface area (Å²) >= 11 is 0. The highest BCUT2D eigenvalue weighted by atomic mass is 127. The van der Waals surface area contributed by atoms with Gasteiger partial charge >= 0.3 is 0 Å². The van der Waals surface area contributed by atoms with Crippen LogP contribution in [0.2, 0.25) is 0 Å². The monoisotopic (exact) mass is 462 g/mol. The molecule has 1 rings (SSSR count). The molecular weight excluding hydrogens is 427 g/mol. The van der Waals surface area contributed by atoms with Crippen LogP contribution in [0.15, 0.2) is 29.3 Å². The summed E-state index contributed by atoms with van der Waals surface area (Å²) in [5.74, 6) is 2.29. The van der Waals surface area contributed by atoms with Crippen molar-refractivity contribution < 1.29 is 4.74 Å². The quantitative estimate of drug-likeness (QED) is 0.318. The summed E-state index contributed by atoms with van der Waals surface area (Å²) in [5.41, 5.74) is 1.33. The lowest BCUT2D eigenvalue weighted by Gasteiger charge is -2.16. The summed E-state index contributed by atoms with van der Waals surface area (Å²) in [6.45, 7) is 11.2. The number of hydrogen-bond donors (Lipinski definition) is 2. The van der Waals surface area contributed by atoms with E-state index < -0.39 is 0 Å². The third kappa shape index (κ3) is 9.89. The Hall–Kier alpha value is -1.02. The minimum absolute atomic E-state index is 0. The third-order valence-electron chi connectivity index (χ3n) is 4.19. The second-order valence-electron chi connectivity index (χ2n) is 6.05. The van der Waals surface area contributed by atoms with Crippen molar-refractivity contribution in [2.24, 2.45) is 4.99 Å². The Kier molecular flexibility index (Phi) is 13.6. The third-order valence-corrected chi connectivity index (χ3v) is 4.19. The number of halogens is 1. The van der Waals surface area contributed by atoms with E-state index in [0.29, 0.717) is 5.92 Å². The van der Waals surface area contributed by atoms with Gasteiger partial charge in [0.2, 0.25) is 0 Å². The van der Waals surface area contributed by atoms with Gasteiger partial charge < -0.3 is 20.3 Å². The van der Waals surface area contributed by atoms with Crippen molar-refractivity contribution in [2.45, 2.75) is 33.1 Å². The number of aliphatic imine (C=N–C) groups is 1. The number of benzene rings is 1. The van der Waals surface area contributed by atoms with Crippen LogP contribution in [0.5, 0.6) is 5.75 Å². The molecule has 0 aliphatic heterocycles. The van der Waals surface area contributed by atoms with E-state index in [-0.39, 0.29) is 24.0 Å². The number of hydrogen-bond acceptors (Lipinski definition) is 3. The molecule has 0 fully saturated rings. The molecule has 0 amide bonds. The van der Waals surface area contributed by atoms with E-state index in [0.717, 1.165) is 50.9 Å². The molecule has 0 saturated carbocycles. The average Bonchev–Trinajstić information content (AvgIpc) is 2.61. The number of likely N-dealkylation sites (N-methyl/N-ethyl adjacent to an activating group) is 1. The molecule has 144 valence electrons. The fourth-order valence-corrected chi connectivity index (χ4v) is 2.33. The smallest absolute Gasteiger partial charge is 0.191 e. The molecule has 25 heavy (non-hydrogen) atoms. The number of nitrogens with zero attached hydrogens (tertiary/aromatic N) is 2. The first kappa shape index (κ1) is 24.0. The highest BCUT2D eigenvalue weighted by molar-refractivity contribution is 14.0. The lowest BCUT2D eigenvalue weighted by atomic mass is 9.98. The van der Waals surface area contributed by atoms with Crippen molar-refractivity contribution in [3.63, 3.8) is 0 Å². The molecule has 0 aromatic heterocycles. The maximum absolute atomic E-state index is 5.21. The summed E-state index contributed by atoms with van der Waals surface area (Å²) in [5, 5.41) is 6.70. The zero-order chi connectivity index (χ0) is 17.8. The molecule has 1 atom stereocenters. The summed E-state index contributed by atoms with van der Waals surface area (Å²) in [6, 6.07) is 8.31. The first-order valence-electron chi connectivity index (χ1n) is 8.95. The number of methoxy groups -OCH3 is 1. The molecule has 0 bridgehead atoms. The SMILES string of the molecule is CCNC(=NCCC(C)c1ccc(OC)cc1)NCCN(C)CC.I. The predicted molar refractivity (Wildman–Crippen MR) is 119 cm³/mol. The van der Waals surface area contributed by atoms with Crippen molar-refractivity contribution in [1.82, 2.24) is 15.5 Å². The molecule has 5 nitrogen and oxygen atoms in total. The van der Waals surface area contributed by atoms with Gasteiger partial charge in [-0.05, 0) is 50.6 Å². The Labute approximate surface area is 170 Å². The van der Waals surface area contributed by atoms with Gasteiger partial charge in [-0.2, -0.15) is 0 Å². The molecule has 1 unspecified atom stereocenters. The van der Waals surface area contributed by atoms with Crippen LogP contribution in [0.1, 0.15) is 38.7 Å². The van der Waals surface area contributed by atoms with Crippen LogP contribution in [0.25, 0.3) is 0 Å². The van der Waals surface area contributed by atoms with Crippen LogP contribution in [-0.4, -0.2) is 57.7 Å². The van der Waals surface area contributed by atoms with Gasteiger partial charge in [-0.15, -0.1) is 24.0 Å². The van der Waals surface area contributed by atoms with Gasteiger partial charge in [0.15, 0.2) is 5.96 Å². The van der Waals surface area contributed by atoms with E-state index in [1.807, 2.05) is 12.1 Å². The van der Waals surface area contributed by atoms with Gasteiger partial charge in [-0.1, -0.05) is 26.0 Å². The molecule has 0 aliphatic carbocycles. The number of nitrogens with one attached hydrogen (secondary N) is 2. The summed E-state index contributed by atoms with van der Waals surface area (Å²) in [7, 11) is 3.82. The van der Waals surface area contributed by atoms with Crippen LogP contribution in [-0.2, 0) is 0 Å². The zero-order valence-electron chi connectivity index (χ0n) is 16.3. The van der Waals surface area contributed by atoms with Gasteiger partial charge in [-0.25, -0.2) is 0 Å². The van der Waals surface area contributed by atoms with Crippen molar-refractivity contribution >= 4 is 29.9 Å². The minimum atomic E-state index is 0. The zero-order valence-corrected chi connectivity index (χ0v) is 18.7. The van der Waals surface area contributed by atoms with Gasteiger partial charge in [0.25, 0.3) is 0 Å². The number of guanidine groups is 1. The Balaban J connectivity index is 0.00000576. The molecule has 1 aromatic rings. The largest absolute Gasteiger partial charge is 0.497 e. The molecule has 0 radical (unpaired) electrons. The van der Waals surface area contributed by atoms with E-state index in [1.54, 1.807) is 7.11 Å².